The monoisotopic (exact) mass is 721 g/mol. The van der Waals surface area contributed by atoms with Crippen LogP contribution in [0.15, 0.2) is 188 Å². The Morgan fingerprint density at radius 3 is 1.80 bits per heavy atom. The van der Waals surface area contributed by atoms with E-state index in [-0.39, 0.29) is 6.04 Å². The van der Waals surface area contributed by atoms with Gasteiger partial charge in [0, 0.05) is 38.3 Å². The summed E-state index contributed by atoms with van der Waals surface area (Å²) in [5, 5.41) is 11.9. The average molecular weight is 722 g/mol. The van der Waals surface area contributed by atoms with Gasteiger partial charge in [0.2, 0.25) is 0 Å². The van der Waals surface area contributed by atoms with E-state index in [1.807, 2.05) is 29.5 Å². The molecule has 1 aromatic heterocycles. The van der Waals surface area contributed by atoms with Crippen LogP contribution in [-0.4, -0.2) is 6.72 Å². The van der Waals surface area contributed by atoms with Gasteiger partial charge in [-0.15, -0.1) is 11.3 Å². The van der Waals surface area contributed by atoms with E-state index in [0.717, 1.165) is 17.8 Å². The molecule has 54 heavy (non-hydrogen) atoms. The van der Waals surface area contributed by atoms with Crippen LogP contribution in [0.25, 0.3) is 37.0 Å². The highest BCUT2D eigenvalue weighted by Gasteiger charge is 2.17. The number of benzene rings is 7. The third-order valence-electron chi connectivity index (χ3n) is 9.64. The van der Waals surface area contributed by atoms with Gasteiger partial charge in [-0.1, -0.05) is 176 Å². The fraction of sp³-hybridized carbons (Fsp3) is 0.100. The fourth-order valence-electron chi connectivity index (χ4n) is 6.70. The van der Waals surface area contributed by atoms with Crippen molar-refractivity contribution in [2.45, 2.75) is 32.4 Å². The highest BCUT2D eigenvalue weighted by atomic mass is 32.1. The number of hydrogen-bond acceptors (Lipinski definition) is 4. The third kappa shape index (κ3) is 9.28. The Balaban J connectivity index is 0.000000260. The molecule has 0 aliphatic heterocycles. The number of rotatable bonds is 9. The third-order valence-corrected chi connectivity index (χ3v) is 10.8. The average Bonchev–Trinajstić information content (AvgIpc) is 3.63. The Labute approximate surface area is 324 Å². The Hall–Kier alpha value is -6.07. The first-order valence-electron chi connectivity index (χ1n) is 18.3. The summed E-state index contributed by atoms with van der Waals surface area (Å²) in [7, 11) is 0. The van der Waals surface area contributed by atoms with Crippen LogP contribution in [0.2, 0.25) is 0 Å². The van der Waals surface area contributed by atoms with Gasteiger partial charge in [-0.2, -0.15) is 0 Å². The van der Waals surface area contributed by atoms with Gasteiger partial charge in [0.05, 0.1) is 6.04 Å². The zero-order valence-electron chi connectivity index (χ0n) is 31.0. The molecule has 8 rings (SSSR count). The van der Waals surface area contributed by atoms with E-state index >= 15 is 0 Å². The second-order valence-corrected chi connectivity index (χ2v) is 14.4. The summed E-state index contributed by atoms with van der Waals surface area (Å²) >= 11 is 1.86. The lowest BCUT2D eigenvalue weighted by molar-refractivity contribution is 0.622. The molecule has 0 fully saturated rings. The lowest BCUT2D eigenvalue weighted by Gasteiger charge is -2.19. The molecule has 0 bridgehead atoms. The minimum absolute atomic E-state index is 0.0609. The molecule has 7 aromatic carbocycles. The summed E-state index contributed by atoms with van der Waals surface area (Å²) in [6.45, 7) is 7.62. The van der Waals surface area contributed by atoms with Gasteiger partial charge in [-0.3, -0.25) is 0 Å². The summed E-state index contributed by atoms with van der Waals surface area (Å²) in [6, 6.07) is 64.1. The van der Waals surface area contributed by atoms with E-state index < -0.39 is 0 Å². The first kappa shape index (κ1) is 37.7. The van der Waals surface area contributed by atoms with Gasteiger partial charge in [0.25, 0.3) is 0 Å². The van der Waals surface area contributed by atoms with Crippen LogP contribution in [0.4, 0.5) is 0 Å². The van der Waals surface area contributed by atoms with Crippen molar-refractivity contribution in [3.05, 3.63) is 221 Å². The quantitative estimate of drug-likeness (QED) is 0.130. The summed E-state index contributed by atoms with van der Waals surface area (Å²) in [5.74, 6) is 0.484. The molecule has 0 saturated carbocycles. The molecule has 0 aliphatic carbocycles. The van der Waals surface area contributed by atoms with Gasteiger partial charge >= 0.3 is 0 Å². The van der Waals surface area contributed by atoms with Crippen LogP contribution in [0.1, 0.15) is 52.3 Å². The molecule has 0 radical (unpaired) electrons. The lowest BCUT2D eigenvalue weighted by Crippen LogP contribution is -2.20. The number of fused-ring (bicyclic) bond motifs is 3. The normalized spacial score (nSPS) is 11.7. The van der Waals surface area contributed by atoms with E-state index in [1.165, 1.54) is 59.1 Å². The van der Waals surface area contributed by atoms with Gasteiger partial charge in [0.1, 0.15) is 0 Å². The second-order valence-electron chi connectivity index (χ2n) is 13.3. The van der Waals surface area contributed by atoms with Crippen molar-refractivity contribution >= 4 is 43.9 Å². The number of thiophene rings is 1. The summed E-state index contributed by atoms with van der Waals surface area (Å²) in [6.07, 6.45) is 2.16. The molecule has 1 atom stereocenters. The summed E-state index contributed by atoms with van der Waals surface area (Å²) in [5.41, 5.74) is 17.4. The Morgan fingerprint density at radius 2 is 1.19 bits per heavy atom. The van der Waals surface area contributed by atoms with Crippen LogP contribution < -0.4 is 11.1 Å². The standard InChI is InChI=1S/C35H30N2S.C14H14.CH3N/c1-24-16-18-26(19-17-24)30-20-28(21-34-35(30)29-14-8-9-15-33(29)38-34)32(37-23-25-10-4-2-5-11-25)22-31(36)27-12-6-3-7-13-27;1-12(13-8-4-2-5-9-13)14-10-6-3-7-11-14;1-2/h2-22,32,37H,23,36H2,1H3;2-12H,1H3;2H,1H2/b31-22-;;. The topological polar surface area (TPSA) is 61.9 Å². The van der Waals surface area contributed by atoms with Crippen molar-refractivity contribution in [2.75, 3.05) is 0 Å². The molecule has 4 N–H and O–H groups in total. The van der Waals surface area contributed by atoms with Gasteiger partial charge < -0.3 is 16.5 Å². The maximum atomic E-state index is 6.67. The van der Waals surface area contributed by atoms with E-state index in [9.17, 15) is 0 Å². The maximum absolute atomic E-state index is 6.67. The molecule has 1 unspecified atom stereocenters. The number of nitrogens with one attached hydrogen (secondary N) is 2. The largest absolute Gasteiger partial charge is 0.398 e. The molecule has 8 aromatic rings. The minimum Gasteiger partial charge on any atom is -0.398 e. The molecular weight excluding hydrogens is 675 g/mol. The molecule has 0 saturated heterocycles. The molecular formula is C50H47N3S. The van der Waals surface area contributed by atoms with Crippen LogP contribution in [0.3, 0.4) is 0 Å². The Morgan fingerprint density at radius 1 is 0.648 bits per heavy atom. The fourth-order valence-corrected chi connectivity index (χ4v) is 7.88. The van der Waals surface area contributed by atoms with E-state index in [4.69, 9.17) is 11.1 Å². The molecule has 268 valence electrons. The Bertz CT molecular complexity index is 2350. The van der Waals surface area contributed by atoms with Crippen molar-refractivity contribution in [1.82, 2.24) is 5.32 Å². The molecule has 4 heteroatoms. The zero-order chi connectivity index (χ0) is 37.7. The van der Waals surface area contributed by atoms with Crippen molar-refractivity contribution in [2.24, 2.45) is 5.73 Å². The molecule has 0 amide bonds. The van der Waals surface area contributed by atoms with Crippen molar-refractivity contribution in [1.29, 1.82) is 5.41 Å². The lowest BCUT2D eigenvalue weighted by atomic mass is 9.93. The van der Waals surface area contributed by atoms with Crippen LogP contribution in [0, 0.1) is 12.3 Å². The number of hydrogen-bond donors (Lipinski definition) is 3. The molecule has 0 spiro atoms. The van der Waals surface area contributed by atoms with Crippen molar-refractivity contribution < 1.29 is 0 Å². The van der Waals surface area contributed by atoms with E-state index in [0.29, 0.717) is 5.92 Å². The van der Waals surface area contributed by atoms with E-state index in [1.54, 1.807) is 0 Å². The van der Waals surface area contributed by atoms with E-state index in [2.05, 4.69) is 196 Å². The van der Waals surface area contributed by atoms with Gasteiger partial charge in [-0.25, -0.2) is 0 Å². The molecule has 3 nitrogen and oxygen atoms in total. The number of nitrogens with two attached hydrogens (primary N) is 1. The number of aryl methyl sites for hydroxylation is 1. The van der Waals surface area contributed by atoms with Gasteiger partial charge in [-0.05, 0) is 76.9 Å². The van der Waals surface area contributed by atoms with Crippen LogP contribution >= 0.6 is 11.3 Å². The summed E-state index contributed by atoms with van der Waals surface area (Å²) in [4.78, 5) is 0. The van der Waals surface area contributed by atoms with Crippen molar-refractivity contribution in [3.8, 4) is 11.1 Å². The summed E-state index contributed by atoms with van der Waals surface area (Å²) < 4.78 is 2.60. The highest BCUT2D eigenvalue weighted by molar-refractivity contribution is 7.26. The van der Waals surface area contributed by atoms with Crippen LogP contribution in [0.5, 0.6) is 0 Å². The predicted molar refractivity (Wildman–Crippen MR) is 234 cm³/mol. The zero-order valence-corrected chi connectivity index (χ0v) is 31.8. The van der Waals surface area contributed by atoms with Gasteiger partial charge in [0.15, 0.2) is 0 Å². The first-order chi connectivity index (χ1) is 26.5. The Kier molecular flexibility index (Phi) is 13.0. The SMILES string of the molecule is C=N.CC(c1ccccc1)c1ccccc1.Cc1ccc(-c2cc(C(/C=C(\N)c3ccccc3)NCc3ccccc3)cc3sc4ccccc4c23)cc1. The second kappa shape index (κ2) is 18.6. The highest BCUT2D eigenvalue weighted by Crippen LogP contribution is 2.42. The molecule has 0 aliphatic rings. The first-order valence-corrected chi connectivity index (χ1v) is 19.1. The minimum atomic E-state index is -0.0609. The maximum Gasteiger partial charge on any atom is 0.0532 e. The predicted octanol–water partition coefficient (Wildman–Crippen LogP) is 13.0. The smallest absolute Gasteiger partial charge is 0.0532 e. The molecule has 1 heterocycles. The van der Waals surface area contributed by atoms with Crippen LogP contribution in [-0.2, 0) is 6.54 Å². The van der Waals surface area contributed by atoms with Crippen molar-refractivity contribution in [3.63, 3.8) is 0 Å².